The van der Waals surface area contributed by atoms with Crippen LogP contribution >= 0.6 is 11.6 Å². The van der Waals surface area contributed by atoms with Gasteiger partial charge in [-0.2, -0.15) is 0 Å². The molecule has 0 N–H and O–H groups in total. The number of carbonyl (C=O) groups is 1. The molecule has 0 spiro atoms. The first-order valence-corrected chi connectivity index (χ1v) is 4.88. The fourth-order valence-electron chi connectivity index (χ4n) is 1.01. The van der Waals surface area contributed by atoms with Gasteiger partial charge in [-0.15, -0.1) is 0 Å². The van der Waals surface area contributed by atoms with Crippen molar-refractivity contribution in [2.45, 2.75) is 12.8 Å². The molecule has 0 aromatic heterocycles. The molecule has 1 rings (SSSR count). The third kappa shape index (κ3) is 3.44. The molecule has 0 unspecified atom stereocenters. The van der Waals surface area contributed by atoms with Gasteiger partial charge in [-0.25, -0.2) is 0 Å². The summed E-state index contributed by atoms with van der Waals surface area (Å²) in [6, 6.07) is 4.89. The first-order chi connectivity index (χ1) is 7.17. The SMILES string of the molecule is [CH2]CCC(=O)Oc1cc(OC)ccc1Cl. The van der Waals surface area contributed by atoms with Gasteiger partial charge in [0.15, 0.2) is 5.75 Å². The highest BCUT2D eigenvalue weighted by atomic mass is 35.5. The Morgan fingerprint density at radius 1 is 1.53 bits per heavy atom. The molecule has 15 heavy (non-hydrogen) atoms. The lowest BCUT2D eigenvalue weighted by atomic mass is 10.3. The number of benzene rings is 1. The van der Waals surface area contributed by atoms with Gasteiger partial charge in [0.25, 0.3) is 0 Å². The molecule has 0 heterocycles. The third-order valence-corrected chi connectivity index (χ3v) is 2.06. The molecule has 0 bridgehead atoms. The quantitative estimate of drug-likeness (QED) is 0.586. The van der Waals surface area contributed by atoms with Crippen molar-refractivity contribution < 1.29 is 14.3 Å². The fraction of sp³-hybridized carbons (Fsp3) is 0.273. The van der Waals surface area contributed by atoms with Crippen molar-refractivity contribution in [3.05, 3.63) is 30.1 Å². The summed E-state index contributed by atoms with van der Waals surface area (Å²) in [5.41, 5.74) is 0. The molecule has 3 nitrogen and oxygen atoms in total. The van der Waals surface area contributed by atoms with E-state index < -0.39 is 0 Å². The Hall–Kier alpha value is -1.22. The molecule has 0 aliphatic heterocycles. The zero-order valence-corrected chi connectivity index (χ0v) is 9.21. The summed E-state index contributed by atoms with van der Waals surface area (Å²) in [6.07, 6.45) is 0.772. The Morgan fingerprint density at radius 2 is 2.27 bits per heavy atom. The average Bonchev–Trinajstić information content (AvgIpc) is 2.21. The number of hydrogen-bond acceptors (Lipinski definition) is 3. The minimum Gasteiger partial charge on any atom is -0.497 e. The summed E-state index contributed by atoms with van der Waals surface area (Å²) in [5.74, 6) is 0.562. The van der Waals surface area contributed by atoms with Crippen molar-refractivity contribution in [1.29, 1.82) is 0 Å². The first-order valence-electron chi connectivity index (χ1n) is 4.51. The van der Waals surface area contributed by atoms with Crippen LogP contribution in [-0.4, -0.2) is 13.1 Å². The van der Waals surface area contributed by atoms with E-state index in [0.29, 0.717) is 22.9 Å². The van der Waals surface area contributed by atoms with E-state index >= 15 is 0 Å². The Kier molecular flexibility index (Phi) is 4.43. The second-order valence-electron chi connectivity index (χ2n) is 2.87. The number of halogens is 1. The van der Waals surface area contributed by atoms with E-state index in [1.54, 1.807) is 18.2 Å². The molecule has 81 valence electrons. The van der Waals surface area contributed by atoms with Gasteiger partial charge in [0.05, 0.1) is 12.1 Å². The summed E-state index contributed by atoms with van der Waals surface area (Å²) in [7, 11) is 1.53. The van der Waals surface area contributed by atoms with Crippen molar-refractivity contribution >= 4 is 17.6 Å². The van der Waals surface area contributed by atoms with Crippen molar-refractivity contribution in [1.82, 2.24) is 0 Å². The van der Waals surface area contributed by atoms with E-state index in [9.17, 15) is 4.79 Å². The number of hydrogen-bond donors (Lipinski definition) is 0. The smallest absolute Gasteiger partial charge is 0.311 e. The predicted molar refractivity (Wildman–Crippen MR) is 58.2 cm³/mol. The second-order valence-corrected chi connectivity index (χ2v) is 3.28. The lowest BCUT2D eigenvalue weighted by Gasteiger charge is -2.07. The normalized spacial score (nSPS) is 9.80. The highest BCUT2D eigenvalue weighted by Crippen LogP contribution is 2.29. The van der Waals surface area contributed by atoms with Crippen molar-refractivity contribution in [3.63, 3.8) is 0 Å². The van der Waals surface area contributed by atoms with Crippen molar-refractivity contribution in [3.8, 4) is 11.5 Å². The fourth-order valence-corrected chi connectivity index (χ4v) is 1.16. The van der Waals surface area contributed by atoms with Gasteiger partial charge in [-0.1, -0.05) is 18.5 Å². The van der Waals surface area contributed by atoms with Crippen LogP contribution in [0.1, 0.15) is 12.8 Å². The van der Waals surface area contributed by atoms with E-state index in [1.165, 1.54) is 7.11 Å². The van der Waals surface area contributed by atoms with Crippen molar-refractivity contribution in [2.24, 2.45) is 0 Å². The molecule has 0 saturated carbocycles. The zero-order valence-electron chi connectivity index (χ0n) is 8.46. The first kappa shape index (κ1) is 11.9. The van der Waals surface area contributed by atoms with Crippen LogP contribution in [0.3, 0.4) is 0 Å². The minimum atomic E-state index is -0.347. The molecule has 4 heteroatoms. The summed E-state index contributed by atoms with van der Waals surface area (Å²) < 4.78 is 10.0. The Balaban J connectivity index is 2.79. The van der Waals surface area contributed by atoms with Crippen LogP contribution in [0.25, 0.3) is 0 Å². The number of methoxy groups -OCH3 is 1. The molecular weight excluding hydrogens is 216 g/mol. The van der Waals surface area contributed by atoms with Gasteiger partial charge >= 0.3 is 5.97 Å². The summed E-state index contributed by atoms with van der Waals surface area (Å²) in [6.45, 7) is 3.56. The number of esters is 1. The molecule has 0 atom stereocenters. The molecule has 0 amide bonds. The lowest BCUT2D eigenvalue weighted by Crippen LogP contribution is -2.07. The van der Waals surface area contributed by atoms with Crippen LogP contribution in [0, 0.1) is 6.92 Å². The monoisotopic (exact) mass is 227 g/mol. The van der Waals surface area contributed by atoms with Crippen LogP contribution in [-0.2, 0) is 4.79 Å². The summed E-state index contributed by atoms with van der Waals surface area (Å²) in [4.78, 5) is 11.2. The van der Waals surface area contributed by atoms with Gasteiger partial charge in [-0.3, -0.25) is 4.79 Å². The van der Waals surface area contributed by atoms with Crippen LogP contribution in [0.5, 0.6) is 11.5 Å². The summed E-state index contributed by atoms with van der Waals surface area (Å²) in [5, 5.41) is 0.383. The molecule has 1 aromatic carbocycles. The highest BCUT2D eigenvalue weighted by molar-refractivity contribution is 6.32. The van der Waals surface area contributed by atoms with E-state index in [4.69, 9.17) is 21.1 Å². The zero-order chi connectivity index (χ0) is 11.3. The molecular formula is C11H12ClO3. The van der Waals surface area contributed by atoms with Gasteiger partial charge in [-0.05, 0) is 18.6 Å². The Labute approximate surface area is 93.9 Å². The maximum Gasteiger partial charge on any atom is 0.311 e. The minimum absolute atomic E-state index is 0.271. The van der Waals surface area contributed by atoms with Crippen LogP contribution in [0.15, 0.2) is 18.2 Å². The van der Waals surface area contributed by atoms with Crippen LogP contribution in [0.4, 0.5) is 0 Å². The second kappa shape index (κ2) is 5.61. The van der Waals surface area contributed by atoms with Crippen molar-refractivity contribution in [2.75, 3.05) is 7.11 Å². The Bertz CT molecular complexity index is 350. The van der Waals surface area contributed by atoms with E-state index in [1.807, 2.05) is 0 Å². The lowest BCUT2D eigenvalue weighted by molar-refractivity contribution is -0.134. The standard InChI is InChI=1S/C11H12ClO3/c1-3-4-11(13)15-10-7-8(14-2)5-6-9(10)12/h5-7H,1,3-4H2,2H3. The van der Waals surface area contributed by atoms with Gasteiger partial charge < -0.3 is 9.47 Å². The molecule has 1 aromatic rings. The maximum atomic E-state index is 11.2. The topological polar surface area (TPSA) is 35.5 Å². The van der Waals surface area contributed by atoms with Crippen LogP contribution in [0.2, 0.25) is 5.02 Å². The predicted octanol–water partition coefficient (Wildman–Crippen LogP) is 2.87. The molecule has 0 saturated heterocycles. The molecule has 0 aliphatic carbocycles. The summed E-state index contributed by atoms with van der Waals surface area (Å²) >= 11 is 5.85. The molecule has 0 aliphatic rings. The van der Waals surface area contributed by atoms with Gasteiger partial charge in [0.2, 0.25) is 0 Å². The van der Waals surface area contributed by atoms with Gasteiger partial charge in [0, 0.05) is 12.5 Å². The number of rotatable bonds is 4. The van der Waals surface area contributed by atoms with Gasteiger partial charge in [0.1, 0.15) is 5.75 Å². The van der Waals surface area contributed by atoms with Crippen LogP contribution < -0.4 is 9.47 Å². The molecule has 0 fully saturated rings. The molecule has 1 radical (unpaired) electrons. The Morgan fingerprint density at radius 3 is 2.87 bits per heavy atom. The highest BCUT2D eigenvalue weighted by Gasteiger charge is 2.08. The number of ether oxygens (including phenoxy) is 2. The number of carbonyl (C=O) groups excluding carboxylic acids is 1. The van der Waals surface area contributed by atoms with E-state index in [0.717, 1.165) is 0 Å². The largest absolute Gasteiger partial charge is 0.497 e. The maximum absolute atomic E-state index is 11.2. The average molecular weight is 228 g/mol. The van der Waals surface area contributed by atoms with E-state index in [-0.39, 0.29) is 12.4 Å². The third-order valence-electron chi connectivity index (χ3n) is 1.74. The van der Waals surface area contributed by atoms with E-state index in [2.05, 4.69) is 6.92 Å².